The Morgan fingerprint density at radius 3 is 2.81 bits per heavy atom. The molecule has 108 valence electrons. The van der Waals surface area contributed by atoms with Crippen molar-refractivity contribution in [1.82, 2.24) is 0 Å². The van der Waals surface area contributed by atoms with Crippen LogP contribution in [0.3, 0.4) is 0 Å². The third kappa shape index (κ3) is 4.81. The van der Waals surface area contributed by atoms with Gasteiger partial charge in [-0.2, -0.15) is 0 Å². The van der Waals surface area contributed by atoms with Crippen LogP contribution >= 0.6 is 11.6 Å². The standard InChI is InChI=1S/C18H16ClFO/c1-14-8-9-18(16(11-14)6-2-3-10-19)21-13-15-5-4-7-17(20)12-15/h4-5,7-9,11-12H,3,10,13H2,1H3. The van der Waals surface area contributed by atoms with E-state index in [1.54, 1.807) is 6.07 Å². The molecule has 21 heavy (non-hydrogen) atoms. The van der Waals surface area contributed by atoms with E-state index in [2.05, 4.69) is 11.8 Å². The smallest absolute Gasteiger partial charge is 0.135 e. The summed E-state index contributed by atoms with van der Waals surface area (Å²) in [7, 11) is 0. The van der Waals surface area contributed by atoms with Crippen LogP contribution < -0.4 is 4.74 Å². The highest BCUT2D eigenvalue weighted by Crippen LogP contribution is 2.20. The maximum Gasteiger partial charge on any atom is 0.135 e. The van der Waals surface area contributed by atoms with Gasteiger partial charge < -0.3 is 4.74 Å². The van der Waals surface area contributed by atoms with Gasteiger partial charge in [-0.25, -0.2) is 4.39 Å². The summed E-state index contributed by atoms with van der Waals surface area (Å²) in [5, 5.41) is 0. The molecule has 0 heterocycles. The van der Waals surface area contributed by atoms with Crippen molar-refractivity contribution >= 4 is 11.6 Å². The fraction of sp³-hybridized carbons (Fsp3) is 0.222. The summed E-state index contributed by atoms with van der Waals surface area (Å²) in [5.41, 5.74) is 2.73. The minimum absolute atomic E-state index is 0.262. The summed E-state index contributed by atoms with van der Waals surface area (Å²) in [4.78, 5) is 0. The number of benzene rings is 2. The van der Waals surface area contributed by atoms with Gasteiger partial charge in [0.25, 0.3) is 0 Å². The second-order valence-electron chi connectivity index (χ2n) is 4.66. The molecule has 2 rings (SSSR count). The van der Waals surface area contributed by atoms with Gasteiger partial charge in [0.05, 0.1) is 5.56 Å². The summed E-state index contributed by atoms with van der Waals surface area (Å²) in [6, 6.07) is 12.2. The van der Waals surface area contributed by atoms with Crippen molar-refractivity contribution in [3.63, 3.8) is 0 Å². The van der Waals surface area contributed by atoms with Gasteiger partial charge in [-0.15, -0.1) is 11.6 Å². The zero-order chi connectivity index (χ0) is 15.1. The van der Waals surface area contributed by atoms with E-state index >= 15 is 0 Å². The van der Waals surface area contributed by atoms with E-state index in [4.69, 9.17) is 16.3 Å². The van der Waals surface area contributed by atoms with Crippen LogP contribution in [0.25, 0.3) is 0 Å². The van der Waals surface area contributed by atoms with E-state index in [0.29, 0.717) is 24.7 Å². The van der Waals surface area contributed by atoms with Crippen LogP contribution in [0.15, 0.2) is 42.5 Å². The second-order valence-corrected chi connectivity index (χ2v) is 5.04. The molecule has 0 aromatic heterocycles. The lowest BCUT2D eigenvalue weighted by molar-refractivity contribution is 0.304. The lowest BCUT2D eigenvalue weighted by Crippen LogP contribution is -1.98. The first-order valence-corrected chi connectivity index (χ1v) is 7.25. The molecule has 0 amide bonds. The molecule has 0 aliphatic carbocycles. The first-order chi connectivity index (χ1) is 10.2. The third-order valence-corrected chi connectivity index (χ3v) is 3.05. The molecule has 2 aromatic rings. The van der Waals surface area contributed by atoms with Gasteiger partial charge in [-0.3, -0.25) is 0 Å². The molecule has 3 heteroatoms. The van der Waals surface area contributed by atoms with Crippen molar-refractivity contribution < 1.29 is 9.13 Å². The number of ether oxygens (including phenoxy) is 1. The van der Waals surface area contributed by atoms with Crippen molar-refractivity contribution in [3.8, 4) is 17.6 Å². The molecule has 2 aromatic carbocycles. The van der Waals surface area contributed by atoms with Crippen molar-refractivity contribution in [1.29, 1.82) is 0 Å². The van der Waals surface area contributed by atoms with Crippen molar-refractivity contribution in [2.24, 2.45) is 0 Å². The Morgan fingerprint density at radius 1 is 1.19 bits per heavy atom. The average Bonchev–Trinajstić information content (AvgIpc) is 2.47. The van der Waals surface area contributed by atoms with E-state index in [1.165, 1.54) is 12.1 Å². The molecule has 0 unspecified atom stereocenters. The van der Waals surface area contributed by atoms with Crippen LogP contribution in [0.5, 0.6) is 5.75 Å². The van der Waals surface area contributed by atoms with Crippen LogP contribution in [0.1, 0.15) is 23.1 Å². The van der Waals surface area contributed by atoms with E-state index in [9.17, 15) is 4.39 Å². The largest absolute Gasteiger partial charge is 0.488 e. The average molecular weight is 303 g/mol. The molecular weight excluding hydrogens is 287 g/mol. The summed E-state index contributed by atoms with van der Waals surface area (Å²) >= 11 is 5.63. The minimum atomic E-state index is -0.262. The van der Waals surface area contributed by atoms with E-state index < -0.39 is 0 Å². The molecular formula is C18H16ClFO. The molecule has 0 atom stereocenters. The molecule has 0 aliphatic heterocycles. The molecule has 1 nitrogen and oxygen atoms in total. The van der Waals surface area contributed by atoms with Gasteiger partial charge in [-0.1, -0.05) is 30.0 Å². The van der Waals surface area contributed by atoms with Crippen LogP contribution in [-0.2, 0) is 6.61 Å². The van der Waals surface area contributed by atoms with Gasteiger partial charge >= 0.3 is 0 Å². The van der Waals surface area contributed by atoms with E-state index in [0.717, 1.165) is 16.7 Å². The van der Waals surface area contributed by atoms with Crippen LogP contribution in [0, 0.1) is 24.6 Å². The Kier molecular flexibility index (Phi) is 5.66. The Labute approximate surface area is 129 Å². The Hall–Kier alpha value is -1.98. The Balaban J connectivity index is 2.14. The van der Waals surface area contributed by atoms with Gasteiger partial charge in [0.1, 0.15) is 18.2 Å². The summed E-state index contributed by atoms with van der Waals surface area (Å²) in [6.07, 6.45) is 0.638. The zero-order valence-corrected chi connectivity index (χ0v) is 12.6. The lowest BCUT2D eigenvalue weighted by atomic mass is 10.1. The number of hydrogen-bond acceptors (Lipinski definition) is 1. The first-order valence-electron chi connectivity index (χ1n) is 6.72. The molecule has 0 saturated heterocycles. The predicted molar refractivity (Wildman–Crippen MR) is 84.1 cm³/mol. The molecule has 0 saturated carbocycles. The topological polar surface area (TPSA) is 9.23 Å². The fourth-order valence-electron chi connectivity index (χ4n) is 1.86. The molecule has 0 spiro atoms. The van der Waals surface area contributed by atoms with Gasteiger partial charge in [-0.05, 0) is 42.3 Å². The fourth-order valence-corrected chi connectivity index (χ4v) is 1.95. The Morgan fingerprint density at radius 2 is 2.05 bits per heavy atom. The Bertz CT molecular complexity index is 670. The molecule has 0 aliphatic rings. The SMILES string of the molecule is Cc1ccc(OCc2cccc(F)c2)c(C#CCCCl)c1. The highest BCUT2D eigenvalue weighted by molar-refractivity contribution is 6.18. The third-order valence-electron chi connectivity index (χ3n) is 2.86. The van der Waals surface area contributed by atoms with Crippen LogP contribution in [0.2, 0.25) is 0 Å². The number of rotatable bonds is 4. The van der Waals surface area contributed by atoms with Crippen LogP contribution in [-0.4, -0.2) is 5.88 Å². The summed E-state index contributed by atoms with van der Waals surface area (Å²) in [5.74, 6) is 7.02. The van der Waals surface area contributed by atoms with Crippen molar-refractivity contribution in [2.75, 3.05) is 5.88 Å². The number of alkyl halides is 1. The normalized spacial score (nSPS) is 9.86. The zero-order valence-electron chi connectivity index (χ0n) is 11.8. The summed E-state index contributed by atoms with van der Waals surface area (Å²) < 4.78 is 18.9. The number of hydrogen-bond donors (Lipinski definition) is 0. The van der Waals surface area contributed by atoms with Gasteiger partial charge in [0.15, 0.2) is 0 Å². The maximum absolute atomic E-state index is 13.1. The summed E-state index contributed by atoms with van der Waals surface area (Å²) in [6.45, 7) is 2.31. The van der Waals surface area contributed by atoms with Crippen molar-refractivity contribution in [3.05, 3.63) is 65.0 Å². The number of aryl methyl sites for hydroxylation is 1. The van der Waals surface area contributed by atoms with Gasteiger partial charge in [0.2, 0.25) is 0 Å². The quantitative estimate of drug-likeness (QED) is 0.588. The highest BCUT2D eigenvalue weighted by Gasteiger charge is 2.03. The van der Waals surface area contributed by atoms with Gasteiger partial charge in [0, 0.05) is 12.3 Å². The van der Waals surface area contributed by atoms with E-state index in [-0.39, 0.29) is 5.82 Å². The first kappa shape index (κ1) is 15.4. The lowest BCUT2D eigenvalue weighted by Gasteiger charge is -2.09. The van der Waals surface area contributed by atoms with Crippen LogP contribution in [0.4, 0.5) is 4.39 Å². The number of halogens is 2. The molecule has 0 fully saturated rings. The second kappa shape index (κ2) is 7.71. The molecule has 0 N–H and O–H groups in total. The monoisotopic (exact) mass is 302 g/mol. The molecule has 0 radical (unpaired) electrons. The molecule has 0 bridgehead atoms. The highest BCUT2D eigenvalue weighted by atomic mass is 35.5. The maximum atomic E-state index is 13.1. The predicted octanol–water partition coefficient (Wildman–Crippen LogP) is 4.69. The van der Waals surface area contributed by atoms with Crippen molar-refractivity contribution in [2.45, 2.75) is 20.0 Å². The minimum Gasteiger partial charge on any atom is -0.488 e. The van der Waals surface area contributed by atoms with E-state index in [1.807, 2.05) is 31.2 Å².